The highest BCUT2D eigenvalue weighted by Gasteiger charge is 2.39. The Balaban J connectivity index is 0.000000955. The number of nitrogens with one attached hydrogen (secondary N) is 1. The second kappa shape index (κ2) is 25.8. The first kappa shape index (κ1) is 53.8. The van der Waals surface area contributed by atoms with Crippen molar-refractivity contribution in [1.29, 1.82) is 0 Å². The van der Waals surface area contributed by atoms with Gasteiger partial charge in [-0.2, -0.15) is 83.0 Å². The maximum absolute atomic E-state index is 14.1. The van der Waals surface area contributed by atoms with Crippen molar-refractivity contribution >= 4 is 13.0 Å². The van der Waals surface area contributed by atoms with E-state index in [0.717, 1.165) is 105 Å². The molecule has 0 radical (unpaired) electrons. The molecular weight excluding hydrogens is 869 g/mol. The van der Waals surface area contributed by atoms with Crippen molar-refractivity contribution in [2.45, 2.75) is 129 Å². The van der Waals surface area contributed by atoms with E-state index in [4.69, 9.17) is 18.7 Å². The minimum Gasteiger partial charge on any atom is -0.490 e. The van der Waals surface area contributed by atoms with Gasteiger partial charge in [-0.05, 0) is 80.4 Å². The molecule has 0 aliphatic carbocycles. The second-order valence-corrected chi connectivity index (χ2v) is 14.8. The van der Waals surface area contributed by atoms with Gasteiger partial charge in [0.05, 0.1) is 29.8 Å². The summed E-state index contributed by atoms with van der Waals surface area (Å²) in [5.74, 6) is -0.443. The third-order valence-corrected chi connectivity index (χ3v) is 9.93. The zero-order valence-electron chi connectivity index (χ0n) is 35.9. The molecule has 0 fully saturated rings. The standard InChI is InChI=1S/C39H49BF9NO4.C7H4F3/c1-4-7-8-9-10-11-12-13-14-15-16-27-50(36(5-2)51-6-3)34-28-31(39(47,48)49)21-26-35(34)54-40(52-32-22-17-29(18-23-32)37(41,42)43)53-33-24-19-30(20-25-33)38(44,45)46;8-7(9,10)6-4-2-1-3-5-6/h17-26,28,36H,4-16,27H2,1-3H3;2-5H/q;-1/p+1. The van der Waals surface area contributed by atoms with Crippen molar-refractivity contribution in [3.8, 4) is 17.2 Å². The van der Waals surface area contributed by atoms with Crippen molar-refractivity contribution in [2.24, 2.45) is 0 Å². The van der Waals surface area contributed by atoms with Gasteiger partial charge in [0.2, 0.25) is 0 Å². The molecule has 4 aromatic rings. The summed E-state index contributed by atoms with van der Waals surface area (Å²) in [6.45, 7) is 6.47. The van der Waals surface area contributed by atoms with Crippen LogP contribution in [0.2, 0.25) is 0 Å². The number of ether oxygens (including phenoxy) is 1. The quantitative estimate of drug-likeness (QED) is 0.0265. The van der Waals surface area contributed by atoms with Crippen LogP contribution in [0.15, 0.2) is 91.0 Å². The van der Waals surface area contributed by atoms with E-state index in [1.807, 2.05) is 6.92 Å². The van der Waals surface area contributed by atoms with Crippen LogP contribution >= 0.6 is 0 Å². The molecule has 0 spiro atoms. The van der Waals surface area contributed by atoms with Crippen LogP contribution in [0.5, 0.6) is 17.2 Å². The van der Waals surface area contributed by atoms with E-state index < -0.39 is 60.5 Å². The van der Waals surface area contributed by atoms with E-state index in [1.165, 1.54) is 50.7 Å². The maximum atomic E-state index is 14.1. The summed E-state index contributed by atoms with van der Waals surface area (Å²) in [6.07, 6.45) is -6.44. The van der Waals surface area contributed by atoms with E-state index in [2.05, 4.69) is 13.0 Å². The Morgan fingerprint density at radius 1 is 0.500 bits per heavy atom. The lowest BCUT2D eigenvalue weighted by Gasteiger charge is -2.29. The molecule has 0 aliphatic rings. The molecule has 18 heteroatoms. The number of halogens is 12. The normalized spacial score (nSPS) is 13.1. The number of unbranched alkanes of at least 4 members (excludes halogenated alkanes) is 10. The zero-order chi connectivity index (χ0) is 47.4. The molecule has 0 saturated heterocycles. The van der Waals surface area contributed by atoms with Gasteiger partial charge in [-0.25, -0.2) is 0 Å². The average molecular weight is 924 g/mol. The lowest BCUT2D eigenvalue weighted by molar-refractivity contribution is -0.888. The Hall–Kier alpha value is -4.58. The summed E-state index contributed by atoms with van der Waals surface area (Å²) in [4.78, 5) is 0.555. The lowest BCUT2D eigenvalue weighted by Crippen LogP contribution is -3.11. The molecule has 0 saturated carbocycles. The van der Waals surface area contributed by atoms with Gasteiger partial charge in [0.1, 0.15) is 11.5 Å². The van der Waals surface area contributed by atoms with Crippen LogP contribution < -0.4 is 18.9 Å². The highest BCUT2D eigenvalue weighted by atomic mass is 19.4. The summed E-state index contributed by atoms with van der Waals surface area (Å²) < 4.78 is 181. The summed E-state index contributed by atoms with van der Waals surface area (Å²) in [5.41, 5.74) is -3.44. The number of rotatable bonds is 23. The molecule has 5 nitrogen and oxygen atoms in total. The molecule has 0 bridgehead atoms. The molecule has 354 valence electrons. The van der Waals surface area contributed by atoms with E-state index in [9.17, 15) is 52.7 Å². The van der Waals surface area contributed by atoms with Gasteiger partial charge in [0.15, 0.2) is 17.7 Å². The first-order chi connectivity index (χ1) is 30.2. The number of hydrogen-bond acceptors (Lipinski definition) is 4. The molecule has 4 rings (SSSR count). The van der Waals surface area contributed by atoms with Crippen molar-refractivity contribution in [1.82, 2.24) is 0 Å². The zero-order valence-corrected chi connectivity index (χ0v) is 35.9. The van der Waals surface area contributed by atoms with Crippen LogP contribution in [0, 0.1) is 6.07 Å². The number of alkyl halides is 12. The van der Waals surface area contributed by atoms with Crippen molar-refractivity contribution in [3.63, 3.8) is 0 Å². The largest absolute Gasteiger partial charge is 0.864 e. The molecule has 64 heavy (non-hydrogen) atoms. The van der Waals surface area contributed by atoms with Crippen molar-refractivity contribution < 1.29 is 76.3 Å². The fourth-order valence-corrected chi connectivity index (χ4v) is 6.59. The minimum atomic E-state index is -4.71. The number of hydrogen-bond donors (Lipinski definition) is 1. The molecule has 1 N–H and O–H groups in total. The highest BCUT2D eigenvalue weighted by molar-refractivity contribution is 6.39. The van der Waals surface area contributed by atoms with E-state index in [-0.39, 0.29) is 29.5 Å². The smallest absolute Gasteiger partial charge is 0.490 e. The number of benzene rings is 4. The lowest BCUT2D eigenvalue weighted by atomic mass is 10.1. The molecule has 4 aromatic carbocycles. The summed E-state index contributed by atoms with van der Waals surface area (Å²) in [6, 6.07) is 16.8. The first-order valence-corrected chi connectivity index (χ1v) is 21.2. The van der Waals surface area contributed by atoms with Gasteiger partial charge in [0.25, 0.3) is 0 Å². The topological polar surface area (TPSA) is 41.4 Å². The van der Waals surface area contributed by atoms with E-state index in [1.54, 1.807) is 6.92 Å². The Kier molecular flexibility index (Phi) is 21.7. The summed E-state index contributed by atoms with van der Waals surface area (Å²) in [7, 11) is -1.86. The first-order valence-electron chi connectivity index (χ1n) is 21.2. The van der Waals surface area contributed by atoms with E-state index in [0.29, 0.717) is 24.3 Å². The van der Waals surface area contributed by atoms with Gasteiger partial charge in [-0.3, -0.25) is 4.90 Å². The molecule has 2 unspecified atom stereocenters. The van der Waals surface area contributed by atoms with Crippen LogP contribution in [-0.2, 0) is 29.4 Å². The van der Waals surface area contributed by atoms with Crippen LogP contribution in [-0.4, -0.2) is 26.7 Å². The molecule has 0 aliphatic heterocycles. The molecule has 2 atom stereocenters. The minimum absolute atomic E-state index is 0.0780. The van der Waals surface area contributed by atoms with Crippen molar-refractivity contribution in [2.75, 3.05) is 13.2 Å². The second-order valence-electron chi connectivity index (χ2n) is 14.8. The van der Waals surface area contributed by atoms with Gasteiger partial charge >= 0.3 is 32.0 Å². The monoisotopic (exact) mass is 923 g/mol. The predicted octanol–water partition coefficient (Wildman–Crippen LogP) is 14.4. The SMILES string of the molecule is CCCCCCCCCCCCC[NH+](c1cc(C(F)(F)F)ccc1OB(Oc1ccc(C(F)(F)F)cc1)Oc1ccc(C(F)(F)F)cc1)C(CC)OCC.FC(F)(F)c1cc[c-]cc1. The van der Waals surface area contributed by atoms with Gasteiger partial charge in [-0.1, -0.05) is 77.2 Å². The highest BCUT2D eigenvalue weighted by Crippen LogP contribution is 2.36. The van der Waals surface area contributed by atoms with Crippen molar-refractivity contribution in [3.05, 3.63) is 119 Å². The molecular formula is C46H54BF12NO4. The summed E-state index contributed by atoms with van der Waals surface area (Å²) >= 11 is 0. The molecule has 0 amide bonds. The molecule has 0 heterocycles. The maximum Gasteiger partial charge on any atom is 0.864 e. The third-order valence-electron chi connectivity index (χ3n) is 9.93. The van der Waals surface area contributed by atoms with Crippen LogP contribution in [0.4, 0.5) is 58.4 Å². The average Bonchev–Trinajstić information content (AvgIpc) is 3.23. The van der Waals surface area contributed by atoms with Gasteiger partial charge in [-0.15, -0.1) is 0 Å². The molecule has 0 aromatic heterocycles. The Labute approximate surface area is 367 Å². The summed E-state index contributed by atoms with van der Waals surface area (Å²) in [5, 5.41) is 0. The predicted molar refractivity (Wildman–Crippen MR) is 220 cm³/mol. The third kappa shape index (κ3) is 18.9. The Morgan fingerprint density at radius 3 is 1.30 bits per heavy atom. The van der Waals surface area contributed by atoms with E-state index >= 15 is 0 Å². The van der Waals surface area contributed by atoms with Crippen LogP contribution in [0.3, 0.4) is 0 Å². The van der Waals surface area contributed by atoms with Crippen LogP contribution in [0.25, 0.3) is 0 Å². The Morgan fingerprint density at radius 2 is 0.906 bits per heavy atom. The number of quaternary nitrogens is 1. The fourth-order valence-electron chi connectivity index (χ4n) is 6.59. The van der Waals surface area contributed by atoms with Crippen LogP contribution in [0.1, 0.15) is 120 Å². The fraction of sp³-hybridized carbons (Fsp3) is 0.478. The van der Waals surface area contributed by atoms with Gasteiger partial charge < -0.3 is 18.7 Å². The Bertz CT molecular complexity index is 1830. The van der Waals surface area contributed by atoms with Gasteiger partial charge in [0, 0.05) is 12.5 Å².